The standard InChI is InChI=1S/C3H4ClNO2S/c4-8(7)2-1-5-3(2)6/h2H,1H2,(H,5,6). The zero-order valence-corrected chi connectivity index (χ0v) is 5.46. The van der Waals surface area contributed by atoms with E-state index in [-0.39, 0.29) is 5.91 Å². The lowest BCUT2D eigenvalue weighted by atomic mass is 10.3. The van der Waals surface area contributed by atoms with Gasteiger partial charge in [0, 0.05) is 6.54 Å². The number of halogens is 1. The van der Waals surface area contributed by atoms with Crippen LogP contribution >= 0.6 is 10.7 Å². The fourth-order valence-corrected chi connectivity index (χ4v) is 1.32. The topological polar surface area (TPSA) is 46.2 Å². The van der Waals surface area contributed by atoms with Gasteiger partial charge in [-0.2, -0.15) is 0 Å². The van der Waals surface area contributed by atoms with Gasteiger partial charge in [-0.05, 0) is 10.7 Å². The highest BCUT2D eigenvalue weighted by Gasteiger charge is 2.32. The molecule has 2 unspecified atom stereocenters. The monoisotopic (exact) mass is 153 g/mol. The van der Waals surface area contributed by atoms with Crippen molar-refractivity contribution in [1.82, 2.24) is 5.32 Å². The van der Waals surface area contributed by atoms with Crippen molar-refractivity contribution in [3.8, 4) is 0 Å². The Morgan fingerprint density at radius 1 is 1.88 bits per heavy atom. The SMILES string of the molecule is O=C1NCC1S(=O)Cl. The van der Waals surface area contributed by atoms with Gasteiger partial charge in [0.2, 0.25) is 5.91 Å². The smallest absolute Gasteiger partial charge is 0.238 e. The second-order valence-electron chi connectivity index (χ2n) is 1.48. The zero-order chi connectivity index (χ0) is 6.15. The average molecular weight is 154 g/mol. The Bertz CT molecular complexity index is 140. The third-order valence-corrected chi connectivity index (χ3v) is 2.45. The summed E-state index contributed by atoms with van der Waals surface area (Å²) in [5, 5.41) is 1.96. The van der Waals surface area contributed by atoms with Crippen molar-refractivity contribution in [3.63, 3.8) is 0 Å². The molecule has 0 aliphatic carbocycles. The van der Waals surface area contributed by atoms with Crippen molar-refractivity contribution >= 4 is 26.6 Å². The number of hydrogen-bond donors (Lipinski definition) is 1. The Kier molecular flexibility index (Phi) is 1.53. The maximum atomic E-state index is 10.3. The normalized spacial score (nSPS) is 30.6. The number of β-lactam (4-membered cyclic amide) rings is 1. The van der Waals surface area contributed by atoms with Gasteiger partial charge in [-0.25, -0.2) is 4.21 Å². The molecule has 0 aromatic rings. The maximum absolute atomic E-state index is 10.3. The van der Waals surface area contributed by atoms with Crippen LogP contribution in [0.1, 0.15) is 0 Å². The molecular weight excluding hydrogens is 150 g/mol. The molecule has 1 heterocycles. The van der Waals surface area contributed by atoms with Crippen LogP contribution in [0.15, 0.2) is 0 Å². The number of nitrogens with one attached hydrogen (secondary N) is 1. The molecule has 46 valence electrons. The number of rotatable bonds is 1. The first-order valence-corrected chi connectivity index (χ1v) is 4.10. The molecule has 2 atom stereocenters. The molecule has 0 spiro atoms. The highest BCUT2D eigenvalue weighted by molar-refractivity contribution is 8.09. The minimum atomic E-state index is -1.49. The molecule has 1 amide bonds. The van der Waals surface area contributed by atoms with Crippen molar-refractivity contribution in [2.75, 3.05) is 6.54 Å². The molecule has 0 bridgehead atoms. The first-order valence-electron chi connectivity index (χ1n) is 2.06. The van der Waals surface area contributed by atoms with E-state index in [2.05, 4.69) is 5.32 Å². The lowest BCUT2D eigenvalue weighted by Crippen LogP contribution is -2.54. The van der Waals surface area contributed by atoms with Gasteiger partial charge in [-0.3, -0.25) is 4.79 Å². The summed E-state index contributed by atoms with van der Waals surface area (Å²) < 4.78 is 10.3. The molecule has 1 fully saturated rings. The molecule has 0 aromatic carbocycles. The Labute approximate surface area is 53.4 Å². The van der Waals surface area contributed by atoms with Gasteiger partial charge in [0.15, 0.2) is 0 Å². The Balaban J connectivity index is 2.49. The van der Waals surface area contributed by atoms with E-state index in [1.807, 2.05) is 0 Å². The van der Waals surface area contributed by atoms with Crippen molar-refractivity contribution in [2.45, 2.75) is 5.25 Å². The highest BCUT2D eigenvalue weighted by atomic mass is 35.7. The van der Waals surface area contributed by atoms with E-state index in [0.717, 1.165) is 0 Å². The lowest BCUT2D eigenvalue weighted by molar-refractivity contribution is -0.124. The molecule has 0 aromatic heterocycles. The van der Waals surface area contributed by atoms with Crippen LogP contribution in [0.4, 0.5) is 0 Å². The van der Waals surface area contributed by atoms with Gasteiger partial charge in [0.1, 0.15) is 15.3 Å². The number of hydrogen-bond acceptors (Lipinski definition) is 2. The Hall–Kier alpha value is -0.0900. The van der Waals surface area contributed by atoms with Crippen LogP contribution in [0, 0.1) is 0 Å². The third-order valence-electron chi connectivity index (χ3n) is 0.978. The summed E-state index contributed by atoms with van der Waals surface area (Å²) in [6.07, 6.45) is 0. The molecule has 5 heteroatoms. The van der Waals surface area contributed by atoms with E-state index in [1.165, 1.54) is 0 Å². The summed E-state index contributed by atoms with van der Waals surface area (Å²) in [5.41, 5.74) is 0. The predicted molar refractivity (Wildman–Crippen MR) is 30.8 cm³/mol. The zero-order valence-electron chi connectivity index (χ0n) is 3.89. The summed E-state index contributed by atoms with van der Waals surface area (Å²) in [6, 6.07) is 0. The molecule has 1 aliphatic heterocycles. The highest BCUT2D eigenvalue weighted by Crippen LogP contribution is 2.06. The van der Waals surface area contributed by atoms with Crippen molar-refractivity contribution in [2.24, 2.45) is 0 Å². The quantitative estimate of drug-likeness (QED) is 0.404. The van der Waals surface area contributed by atoms with E-state index in [0.29, 0.717) is 6.54 Å². The van der Waals surface area contributed by atoms with Crippen LogP contribution in [0.5, 0.6) is 0 Å². The molecule has 1 rings (SSSR count). The summed E-state index contributed by atoms with van der Waals surface area (Å²) in [4.78, 5) is 10.3. The Morgan fingerprint density at radius 2 is 2.50 bits per heavy atom. The molecular formula is C3H4ClNO2S. The van der Waals surface area contributed by atoms with Gasteiger partial charge in [-0.15, -0.1) is 0 Å². The largest absolute Gasteiger partial charge is 0.353 e. The van der Waals surface area contributed by atoms with Gasteiger partial charge in [-0.1, -0.05) is 0 Å². The van der Waals surface area contributed by atoms with E-state index < -0.39 is 15.3 Å². The fraction of sp³-hybridized carbons (Fsp3) is 0.667. The van der Waals surface area contributed by atoms with Gasteiger partial charge in [0.25, 0.3) is 0 Å². The van der Waals surface area contributed by atoms with Crippen LogP contribution in [-0.4, -0.2) is 21.9 Å². The second-order valence-corrected chi connectivity index (χ2v) is 3.46. The first kappa shape index (κ1) is 6.04. The number of carbonyl (C=O) groups is 1. The predicted octanol–water partition coefficient (Wildman–Crippen LogP) is -0.613. The van der Waals surface area contributed by atoms with E-state index >= 15 is 0 Å². The molecule has 1 saturated heterocycles. The number of carbonyl (C=O) groups excluding carboxylic acids is 1. The lowest BCUT2D eigenvalue weighted by Gasteiger charge is -2.21. The second kappa shape index (κ2) is 2.03. The summed E-state index contributed by atoms with van der Waals surface area (Å²) >= 11 is 0. The van der Waals surface area contributed by atoms with Crippen molar-refractivity contribution in [1.29, 1.82) is 0 Å². The van der Waals surface area contributed by atoms with E-state index in [4.69, 9.17) is 10.7 Å². The molecule has 1 N–H and O–H groups in total. The molecule has 1 aliphatic rings. The minimum Gasteiger partial charge on any atom is -0.353 e. The summed E-state index contributed by atoms with van der Waals surface area (Å²) in [5.74, 6) is -0.210. The van der Waals surface area contributed by atoms with Crippen LogP contribution in [0.3, 0.4) is 0 Å². The summed E-state index contributed by atoms with van der Waals surface area (Å²) in [6.45, 7) is 0.453. The third kappa shape index (κ3) is 0.855. The van der Waals surface area contributed by atoms with E-state index in [9.17, 15) is 9.00 Å². The molecule has 0 radical (unpaired) electrons. The average Bonchev–Trinajstić information content (AvgIpc) is 1.61. The van der Waals surface area contributed by atoms with Crippen molar-refractivity contribution in [3.05, 3.63) is 0 Å². The van der Waals surface area contributed by atoms with Gasteiger partial charge < -0.3 is 5.32 Å². The van der Waals surface area contributed by atoms with Crippen LogP contribution in [0.25, 0.3) is 0 Å². The van der Waals surface area contributed by atoms with Crippen LogP contribution in [0.2, 0.25) is 0 Å². The molecule has 3 nitrogen and oxygen atoms in total. The van der Waals surface area contributed by atoms with Gasteiger partial charge in [0.05, 0.1) is 0 Å². The van der Waals surface area contributed by atoms with Crippen LogP contribution in [-0.2, 0) is 14.8 Å². The van der Waals surface area contributed by atoms with Crippen LogP contribution < -0.4 is 5.32 Å². The molecule has 0 saturated carbocycles. The molecule has 8 heavy (non-hydrogen) atoms. The first-order chi connectivity index (χ1) is 3.72. The van der Waals surface area contributed by atoms with Gasteiger partial charge >= 0.3 is 0 Å². The van der Waals surface area contributed by atoms with Crippen molar-refractivity contribution < 1.29 is 9.00 Å². The fourth-order valence-electron chi connectivity index (χ4n) is 0.418. The number of amides is 1. The summed E-state index contributed by atoms with van der Waals surface area (Å²) in [7, 11) is 3.59. The van der Waals surface area contributed by atoms with E-state index in [1.54, 1.807) is 0 Å². The minimum absolute atomic E-state index is 0.210. The maximum Gasteiger partial charge on any atom is 0.238 e. The Morgan fingerprint density at radius 3 is 2.50 bits per heavy atom.